The highest BCUT2D eigenvalue weighted by Gasteiger charge is 2.56. The zero-order valence-electron chi connectivity index (χ0n) is 20.5. The smallest absolute Gasteiger partial charge is 0.417 e. The predicted molar refractivity (Wildman–Crippen MR) is 128 cm³/mol. The molecule has 0 unspecified atom stereocenters. The number of carbonyl (C=O) groups excluding carboxylic acids is 1. The number of aromatic amines is 1. The van der Waals surface area contributed by atoms with Gasteiger partial charge < -0.3 is 20.5 Å². The van der Waals surface area contributed by atoms with Gasteiger partial charge in [0.15, 0.2) is 20.5 Å². The van der Waals surface area contributed by atoms with Gasteiger partial charge in [-0.1, -0.05) is 19.9 Å². The molecule has 206 valence electrons. The Hall–Kier alpha value is -3.52. The van der Waals surface area contributed by atoms with Gasteiger partial charge in [0.2, 0.25) is 0 Å². The molecule has 38 heavy (non-hydrogen) atoms. The topological polar surface area (TPSA) is 149 Å². The minimum Gasteiger partial charge on any atom is -0.480 e. The number of alkyl halides is 3. The van der Waals surface area contributed by atoms with Crippen LogP contribution in [0.15, 0.2) is 41.6 Å². The highest BCUT2D eigenvalue weighted by atomic mass is 32.2. The van der Waals surface area contributed by atoms with Crippen molar-refractivity contribution >= 4 is 32.6 Å². The molecule has 1 amide bonds. The molecule has 0 fully saturated rings. The molecule has 1 atom stereocenters. The maximum absolute atomic E-state index is 14.3. The van der Waals surface area contributed by atoms with Crippen LogP contribution in [0.25, 0.3) is 10.9 Å². The van der Waals surface area contributed by atoms with E-state index in [0.717, 1.165) is 30.7 Å². The molecule has 0 saturated carbocycles. The van der Waals surface area contributed by atoms with E-state index in [-0.39, 0.29) is 32.7 Å². The summed E-state index contributed by atoms with van der Waals surface area (Å²) in [7, 11) is -3.67. The van der Waals surface area contributed by atoms with E-state index in [1.54, 1.807) is 0 Å². The molecule has 9 nitrogen and oxygen atoms in total. The van der Waals surface area contributed by atoms with Crippen molar-refractivity contribution in [3.05, 3.63) is 59.2 Å². The molecule has 0 bridgehead atoms. The van der Waals surface area contributed by atoms with Crippen LogP contribution in [-0.2, 0) is 26.5 Å². The highest BCUT2D eigenvalue weighted by Crippen LogP contribution is 2.44. The van der Waals surface area contributed by atoms with Crippen LogP contribution in [0.1, 0.15) is 41.9 Å². The summed E-state index contributed by atoms with van der Waals surface area (Å²) >= 11 is 0. The van der Waals surface area contributed by atoms with Crippen LogP contribution in [0.3, 0.4) is 0 Å². The Morgan fingerprint density at radius 3 is 2.37 bits per heavy atom. The number of benzene rings is 1. The van der Waals surface area contributed by atoms with Crippen LogP contribution in [0.5, 0.6) is 0 Å². The van der Waals surface area contributed by atoms with E-state index in [1.165, 1.54) is 26.0 Å². The van der Waals surface area contributed by atoms with Gasteiger partial charge in [-0.15, -0.1) is 0 Å². The molecule has 0 saturated heterocycles. The van der Waals surface area contributed by atoms with E-state index in [0.29, 0.717) is 0 Å². The van der Waals surface area contributed by atoms with Crippen LogP contribution in [0.2, 0.25) is 0 Å². The Morgan fingerprint density at radius 1 is 1.13 bits per heavy atom. The summed E-state index contributed by atoms with van der Waals surface area (Å²) in [5.74, 6) is -3.24. The molecule has 0 aliphatic heterocycles. The number of hydrogen-bond acceptors (Lipinski definition) is 6. The first kappa shape index (κ1) is 29.0. The summed E-state index contributed by atoms with van der Waals surface area (Å²) in [5.41, 5.74) is -5.11. The monoisotopic (exact) mass is 559 g/mol. The van der Waals surface area contributed by atoms with Crippen molar-refractivity contribution in [1.29, 1.82) is 0 Å². The Morgan fingerprint density at radius 2 is 1.79 bits per heavy atom. The average molecular weight is 560 g/mol. The second-order valence-electron chi connectivity index (χ2n) is 9.71. The Balaban J connectivity index is 2.00. The Bertz CT molecular complexity index is 1500. The fraction of sp³-hybridized carbons (Fsp3) is 0.375. The summed E-state index contributed by atoms with van der Waals surface area (Å²) in [6.45, 7) is 1.87. The third-order valence-electron chi connectivity index (χ3n) is 6.02. The number of carboxylic acids is 1. The number of H-pyrrole nitrogens is 1. The molecule has 0 aliphatic rings. The lowest BCUT2D eigenvalue weighted by Gasteiger charge is -2.38. The first-order valence-corrected chi connectivity index (χ1v) is 13.0. The second-order valence-corrected chi connectivity index (χ2v) is 11.7. The highest BCUT2D eigenvalue weighted by molar-refractivity contribution is 7.90. The Labute approximate surface area is 214 Å². The number of carboxylic acid groups (broad SMARTS) is 1. The van der Waals surface area contributed by atoms with Gasteiger partial charge in [0.25, 0.3) is 5.91 Å². The van der Waals surface area contributed by atoms with Gasteiger partial charge in [0, 0.05) is 29.3 Å². The molecule has 3 rings (SSSR count). The molecule has 0 radical (unpaired) electrons. The molecule has 14 heteroatoms. The quantitative estimate of drug-likeness (QED) is 0.294. The summed E-state index contributed by atoms with van der Waals surface area (Å²) in [5, 5.41) is 21.8. The predicted octanol–water partition coefficient (Wildman–Crippen LogP) is 3.12. The SMILES string of the molecule is CC(C)(C[C@@](O)(Cc1cc2cc(S(C)(=O)=O)ncc2[nH]1)C(F)(F)F)c1ccc(F)cc1C(=O)NCC(=O)O. The molecule has 3 aromatic rings. The molecule has 2 aromatic heterocycles. The standard InChI is InChI=1S/C24H25F4N3O6S/c1-22(2,17-5-4-14(25)8-16(17)21(34)30-11-20(32)33)12-23(35,24(26,27)28)9-15-6-13-7-19(38(3,36)37)29-10-18(13)31-15/h4-8,10,31,35H,9,11-12H2,1-3H3,(H,30,34)(H,32,33)/t23-/m0/s1. The van der Waals surface area contributed by atoms with Crippen LogP contribution < -0.4 is 5.32 Å². The van der Waals surface area contributed by atoms with Gasteiger partial charge in [-0.3, -0.25) is 9.59 Å². The summed E-state index contributed by atoms with van der Waals surface area (Å²) in [6, 6.07) is 5.32. The maximum atomic E-state index is 14.3. The van der Waals surface area contributed by atoms with Gasteiger partial charge >= 0.3 is 12.1 Å². The van der Waals surface area contributed by atoms with Crippen LogP contribution in [-0.4, -0.2) is 65.1 Å². The maximum Gasteiger partial charge on any atom is 0.417 e. The number of hydrogen-bond donors (Lipinski definition) is 4. The number of amides is 1. The first-order chi connectivity index (χ1) is 17.3. The van der Waals surface area contributed by atoms with E-state index in [1.807, 2.05) is 0 Å². The fourth-order valence-electron chi connectivity index (χ4n) is 4.32. The number of aromatic nitrogens is 2. The molecular formula is C24H25F4N3O6S. The number of nitrogens with zero attached hydrogens (tertiary/aromatic N) is 1. The molecule has 0 spiro atoms. The first-order valence-electron chi connectivity index (χ1n) is 11.1. The number of halogens is 4. The van der Waals surface area contributed by atoms with Crippen molar-refractivity contribution in [1.82, 2.24) is 15.3 Å². The number of nitrogens with one attached hydrogen (secondary N) is 2. The largest absolute Gasteiger partial charge is 0.480 e. The minimum atomic E-state index is -5.15. The fourth-order valence-corrected chi connectivity index (χ4v) is 4.90. The molecule has 1 aromatic carbocycles. The van der Waals surface area contributed by atoms with E-state index in [2.05, 4.69) is 15.3 Å². The summed E-state index contributed by atoms with van der Waals surface area (Å²) < 4.78 is 80.3. The lowest BCUT2D eigenvalue weighted by molar-refractivity contribution is -0.266. The van der Waals surface area contributed by atoms with Crippen molar-refractivity contribution in [3.8, 4) is 0 Å². The second kappa shape index (κ2) is 9.98. The lowest BCUT2D eigenvalue weighted by Crippen LogP contribution is -2.51. The zero-order valence-corrected chi connectivity index (χ0v) is 21.3. The van der Waals surface area contributed by atoms with Gasteiger partial charge in [0.1, 0.15) is 12.4 Å². The third kappa shape index (κ3) is 6.30. The minimum absolute atomic E-state index is 0.0388. The van der Waals surface area contributed by atoms with E-state index >= 15 is 0 Å². The van der Waals surface area contributed by atoms with Crippen molar-refractivity contribution in [2.24, 2.45) is 0 Å². The van der Waals surface area contributed by atoms with Gasteiger partial charge in [0.05, 0.1) is 11.7 Å². The summed E-state index contributed by atoms with van der Waals surface area (Å²) in [6.07, 6.45) is -4.97. The Kier molecular flexibility index (Phi) is 7.63. The van der Waals surface area contributed by atoms with Crippen LogP contribution in [0, 0.1) is 5.82 Å². The molecular weight excluding hydrogens is 534 g/mol. The summed E-state index contributed by atoms with van der Waals surface area (Å²) in [4.78, 5) is 29.8. The van der Waals surface area contributed by atoms with Crippen molar-refractivity contribution in [2.45, 2.75) is 48.9 Å². The number of fused-ring (bicyclic) bond motifs is 1. The van der Waals surface area contributed by atoms with Crippen molar-refractivity contribution in [2.75, 3.05) is 12.8 Å². The van der Waals surface area contributed by atoms with Gasteiger partial charge in [-0.05, 0) is 41.7 Å². The molecule has 0 aliphatic carbocycles. The number of pyridine rings is 1. The van der Waals surface area contributed by atoms with Crippen molar-refractivity contribution in [3.63, 3.8) is 0 Å². The van der Waals surface area contributed by atoms with Gasteiger partial charge in [-0.25, -0.2) is 17.8 Å². The van der Waals surface area contributed by atoms with Gasteiger partial charge in [-0.2, -0.15) is 13.2 Å². The number of rotatable bonds is 9. The van der Waals surface area contributed by atoms with E-state index in [4.69, 9.17) is 5.11 Å². The molecule has 2 heterocycles. The van der Waals surface area contributed by atoms with Crippen molar-refractivity contribution < 1.29 is 45.8 Å². The number of aliphatic hydroxyl groups is 1. The van der Waals surface area contributed by atoms with Crippen LogP contribution >= 0.6 is 0 Å². The third-order valence-corrected chi connectivity index (χ3v) is 7.00. The lowest BCUT2D eigenvalue weighted by atomic mass is 9.72. The number of aliphatic carboxylic acids is 1. The normalized spacial score (nSPS) is 14.3. The average Bonchev–Trinajstić information content (AvgIpc) is 3.16. The molecule has 4 N–H and O–H groups in total. The zero-order chi connectivity index (χ0) is 28.7. The number of sulfone groups is 1. The number of carbonyl (C=O) groups is 2. The van der Waals surface area contributed by atoms with E-state index in [9.17, 15) is 40.7 Å². The van der Waals surface area contributed by atoms with E-state index < -0.39 is 64.1 Å². The van der Waals surface area contributed by atoms with Crippen LogP contribution in [0.4, 0.5) is 17.6 Å².